The minimum Gasteiger partial charge on any atom is -0.313 e. The Balaban J connectivity index is 1.47. The van der Waals surface area contributed by atoms with E-state index in [1.165, 1.54) is 31.4 Å². The summed E-state index contributed by atoms with van der Waals surface area (Å²) in [7, 11) is 0. The molecule has 2 aliphatic carbocycles. The van der Waals surface area contributed by atoms with Crippen molar-refractivity contribution in [2.45, 2.75) is 45.1 Å². The molecule has 108 valence electrons. The summed E-state index contributed by atoms with van der Waals surface area (Å²) in [4.78, 5) is 5.89. The normalized spacial score (nSPS) is 29.8. The number of fused-ring (bicyclic) bond motifs is 2. The molecule has 3 nitrogen and oxygen atoms in total. The molecule has 0 aliphatic heterocycles. The summed E-state index contributed by atoms with van der Waals surface area (Å²) in [5.41, 5.74) is 1.26. The van der Waals surface area contributed by atoms with Gasteiger partial charge in [-0.1, -0.05) is 6.92 Å². The van der Waals surface area contributed by atoms with Crippen molar-refractivity contribution in [2.75, 3.05) is 6.54 Å². The van der Waals surface area contributed by atoms with Crippen LogP contribution in [0.2, 0.25) is 0 Å². The predicted octanol–water partition coefficient (Wildman–Crippen LogP) is 3.35. The number of nitrogens with zero attached hydrogens (tertiary/aromatic N) is 2. The van der Waals surface area contributed by atoms with Crippen LogP contribution in [0.15, 0.2) is 17.8 Å². The summed E-state index contributed by atoms with van der Waals surface area (Å²) < 4.78 is 2.16. The molecule has 2 aromatic heterocycles. The number of nitrogens with one attached hydrogen (secondary N) is 1. The van der Waals surface area contributed by atoms with Gasteiger partial charge in [0.1, 0.15) is 0 Å². The molecule has 2 aromatic rings. The Hall–Kier alpha value is -0.870. The van der Waals surface area contributed by atoms with Crippen LogP contribution in [-0.2, 0) is 6.42 Å². The lowest BCUT2D eigenvalue weighted by atomic mass is 9.91. The Bertz CT molecular complexity index is 549. The van der Waals surface area contributed by atoms with Crippen molar-refractivity contribution >= 4 is 16.3 Å². The van der Waals surface area contributed by atoms with E-state index >= 15 is 0 Å². The quantitative estimate of drug-likeness (QED) is 0.883. The highest BCUT2D eigenvalue weighted by Crippen LogP contribution is 2.55. The van der Waals surface area contributed by atoms with E-state index in [1.807, 2.05) is 0 Å². The monoisotopic (exact) mass is 289 g/mol. The van der Waals surface area contributed by atoms with E-state index in [0.29, 0.717) is 6.04 Å². The highest BCUT2D eigenvalue weighted by molar-refractivity contribution is 7.15. The van der Waals surface area contributed by atoms with Gasteiger partial charge in [0.25, 0.3) is 0 Å². The first-order valence-electron chi connectivity index (χ1n) is 7.98. The van der Waals surface area contributed by atoms with Crippen LogP contribution >= 0.6 is 11.3 Å². The summed E-state index contributed by atoms with van der Waals surface area (Å²) >= 11 is 1.72. The van der Waals surface area contributed by atoms with E-state index in [0.717, 1.165) is 35.7 Å². The lowest BCUT2D eigenvalue weighted by molar-refractivity contribution is 0.331. The van der Waals surface area contributed by atoms with Crippen LogP contribution in [0.25, 0.3) is 4.96 Å². The molecule has 0 aromatic carbocycles. The van der Waals surface area contributed by atoms with Crippen LogP contribution in [0.3, 0.4) is 0 Å². The fourth-order valence-corrected chi connectivity index (χ4v) is 4.64. The van der Waals surface area contributed by atoms with Gasteiger partial charge in [0, 0.05) is 30.2 Å². The SMILES string of the molecule is CCCNC(Cc1cn2ccsc2n1)C1CC2CC2C1. The molecule has 2 aliphatic rings. The number of hydrogen-bond donors (Lipinski definition) is 1. The lowest BCUT2D eigenvalue weighted by Gasteiger charge is -2.25. The Morgan fingerprint density at radius 3 is 3.00 bits per heavy atom. The van der Waals surface area contributed by atoms with Crippen LogP contribution in [0.5, 0.6) is 0 Å². The van der Waals surface area contributed by atoms with Crippen LogP contribution in [0.1, 0.15) is 38.3 Å². The molecule has 4 heteroatoms. The molecular formula is C16H23N3S. The van der Waals surface area contributed by atoms with Crippen molar-refractivity contribution in [3.8, 4) is 0 Å². The summed E-state index contributed by atoms with van der Waals surface area (Å²) in [5.74, 6) is 3.01. The zero-order valence-corrected chi connectivity index (χ0v) is 12.9. The minimum atomic E-state index is 0.632. The Kier molecular flexibility index (Phi) is 3.31. The molecule has 4 rings (SSSR count). The van der Waals surface area contributed by atoms with Gasteiger partial charge in [-0.25, -0.2) is 4.98 Å². The zero-order chi connectivity index (χ0) is 13.5. The van der Waals surface area contributed by atoms with Gasteiger partial charge in [0.05, 0.1) is 5.69 Å². The third-order valence-electron chi connectivity index (χ3n) is 5.08. The lowest BCUT2D eigenvalue weighted by Crippen LogP contribution is -2.38. The van der Waals surface area contributed by atoms with Crippen molar-refractivity contribution in [2.24, 2.45) is 17.8 Å². The Morgan fingerprint density at radius 2 is 2.25 bits per heavy atom. The summed E-state index contributed by atoms with van der Waals surface area (Å²) in [6.45, 7) is 3.39. The predicted molar refractivity (Wildman–Crippen MR) is 83.2 cm³/mol. The van der Waals surface area contributed by atoms with Gasteiger partial charge in [-0.05, 0) is 50.0 Å². The van der Waals surface area contributed by atoms with Crippen molar-refractivity contribution in [3.05, 3.63) is 23.5 Å². The van der Waals surface area contributed by atoms with Crippen molar-refractivity contribution in [1.29, 1.82) is 0 Å². The standard InChI is InChI=1S/C16H23N3S/c1-2-3-17-15(13-7-11-6-12(11)8-13)9-14-10-19-4-5-20-16(19)18-14/h4-5,10-13,15,17H,2-3,6-9H2,1H3. The molecule has 3 unspecified atom stereocenters. The molecule has 0 radical (unpaired) electrons. The molecule has 2 heterocycles. The fourth-order valence-electron chi connectivity index (χ4n) is 3.93. The molecule has 2 saturated carbocycles. The number of aromatic nitrogens is 2. The van der Waals surface area contributed by atoms with Gasteiger partial charge in [-0.15, -0.1) is 11.3 Å². The van der Waals surface area contributed by atoms with Crippen molar-refractivity contribution < 1.29 is 0 Å². The van der Waals surface area contributed by atoms with Crippen LogP contribution in [-0.4, -0.2) is 22.0 Å². The van der Waals surface area contributed by atoms with E-state index in [1.54, 1.807) is 11.3 Å². The van der Waals surface area contributed by atoms with Crippen molar-refractivity contribution in [3.63, 3.8) is 0 Å². The number of thiazole rings is 1. The summed E-state index contributed by atoms with van der Waals surface area (Å²) in [5, 5.41) is 5.89. The maximum Gasteiger partial charge on any atom is 0.193 e. The van der Waals surface area contributed by atoms with Gasteiger partial charge >= 0.3 is 0 Å². The number of imidazole rings is 1. The maximum absolute atomic E-state index is 4.76. The number of hydrogen-bond acceptors (Lipinski definition) is 3. The second-order valence-electron chi connectivity index (χ2n) is 6.58. The molecule has 0 spiro atoms. The average Bonchev–Trinajstić information content (AvgIpc) is 2.84. The van der Waals surface area contributed by atoms with Gasteiger partial charge in [0.2, 0.25) is 0 Å². The zero-order valence-electron chi connectivity index (χ0n) is 12.1. The molecule has 20 heavy (non-hydrogen) atoms. The second-order valence-corrected chi connectivity index (χ2v) is 7.45. The van der Waals surface area contributed by atoms with Crippen LogP contribution < -0.4 is 5.32 Å². The minimum absolute atomic E-state index is 0.632. The smallest absolute Gasteiger partial charge is 0.193 e. The van der Waals surface area contributed by atoms with E-state index < -0.39 is 0 Å². The van der Waals surface area contributed by atoms with Crippen LogP contribution in [0.4, 0.5) is 0 Å². The number of rotatable bonds is 6. The Labute approximate surface area is 124 Å². The van der Waals surface area contributed by atoms with E-state index in [4.69, 9.17) is 4.98 Å². The third-order valence-corrected chi connectivity index (χ3v) is 5.85. The van der Waals surface area contributed by atoms with Gasteiger partial charge in [-0.3, -0.25) is 4.40 Å². The molecule has 0 amide bonds. The molecule has 1 N–H and O–H groups in total. The fraction of sp³-hybridized carbons (Fsp3) is 0.688. The largest absolute Gasteiger partial charge is 0.313 e. The molecule has 3 atom stereocenters. The van der Waals surface area contributed by atoms with E-state index in [-0.39, 0.29) is 0 Å². The summed E-state index contributed by atoms with van der Waals surface area (Å²) in [6, 6.07) is 0.632. The van der Waals surface area contributed by atoms with E-state index in [9.17, 15) is 0 Å². The first-order chi connectivity index (χ1) is 9.83. The Morgan fingerprint density at radius 1 is 1.40 bits per heavy atom. The molecule has 2 fully saturated rings. The molecular weight excluding hydrogens is 266 g/mol. The second kappa shape index (κ2) is 5.15. The van der Waals surface area contributed by atoms with Gasteiger partial charge in [-0.2, -0.15) is 0 Å². The first-order valence-corrected chi connectivity index (χ1v) is 8.86. The van der Waals surface area contributed by atoms with Gasteiger partial charge < -0.3 is 5.32 Å². The molecule has 0 saturated heterocycles. The van der Waals surface area contributed by atoms with E-state index in [2.05, 4.69) is 34.4 Å². The molecule has 0 bridgehead atoms. The first kappa shape index (κ1) is 12.8. The van der Waals surface area contributed by atoms with Gasteiger partial charge in [0.15, 0.2) is 4.96 Å². The third kappa shape index (κ3) is 2.40. The van der Waals surface area contributed by atoms with Crippen molar-refractivity contribution in [1.82, 2.24) is 14.7 Å². The topological polar surface area (TPSA) is 29.3 Å². The summed E-state index contributed by atoms with van der Waals surface area (Å²) in [6.07, 6.45) is 11.0. The highest BCUT2D eigenvalue weighted by Gasteiger charge is 2.47. The average molecular weight is 289 g/mol. The highest BCUT2D eigenvalue weighted by atomic mass is 32.1. The van der Waals surface area contributed by atoms with Crippen LogP contribution in [0, 0.1) is 17.8 Å². The maximum atomic E-state index is 4.76.